The predicted octanol–water partition coefficient (Wildman–Crippen LogP) is 4.32. The number of para-hydroxylation sites is 1. The molecule has 0 spiro atoms. The van der Waals surface area contributed by atoms with Crippen LogP contribution in [-0.4, -0.2) is 27.4 Å². The van der Waals surface area contributed by atoms with Crippen LogP contribution in [0.2, 0.25) is 0 Å². The Balaban J connectivity index is 1.49. The summed E-state index contributed by atoms with van der Waals surface area (Å²) < 4.78 is 5.95. The lowest BCUT2D eigenvalue weighted by Gasteiger charge is -2.14. The highest BCUT2D eigenvalue weighted by Gasteiger charge is 2.20. The Morgan fingerprint density at radius 1 is 1.15 bits per heavy atom. The van der Waals surface area contributed by atoms with E-state index in [1.165, 1.54) is 5.56 Å². The van der Waals surface area contributed by atoms with Crippen molar-refractivity contribution in [1.29, 1.82) is 0 Å². The molecule has 3 aromatic rings. The van der Waals surface area contributed by atoms with E-state index in [-0.39, 0.29) is 5.56 Å². The molecule has 1 N–H and O–H groups in total. The van der Waals surface area contributed by atoms with Crippen LogP contribution in [0, 0.1) is 0 Å². The molecular formula is C20H18N2O3S2. The first-order chi connectivity index (χ1) is 13.1. The molecule has 1 aromatic heterocycles. The highest BCUT2D eigenvalue weighted by molar-refractivity contribution is 8.19. The lowest BCUT2D eigenvalue weighted by molar-refractivity contribution is 0.0320. The topological polar surface area (TPSA) is 72.0 Å². The number of aromatic amines is 1. The zero-order valence-electron chi connectivity index (χ0n) is 14.7. The van der Waals surface area contributed by atoms with Crippen molar-refractivity contribution in [1.82, 2.24) is 9.97 Å². The Kier molecular flexibility index (Phi) is 5.22. The number of fused-ring (bicyclic) bond motifs is 1. The van der Waals surface area contributed by atoms with E-state index < -0.39 is 12.1 Å². The van der Waals surface area contributed by atoms with E-state index in [0.717, 1.165) is 11.5 Å². The first-order valence-electron chi connectivity index (χ1n) is 8.65. The van der Waals surface area contributed by atoms with Gasteiger partial charge in [0.05, 0.1) is 21.0 Å². The van der Waals surface area contributed by atoms with Crippen molar-refractivity contribution in [2.45, 2.75) is 17.6 Å². The lowest BCUT2D eigenvalue weighted by Crippen LogP contribution is -2.17. The second-order valence-corrected chi connectivity index (χ2v) is 8.94. The molecule has 7 heteroatoms. The molecule has 1 aliphatic rings. The van der Waals surface area contributed by atoms with Crippen LogP contribution in [0.5, 0.6) is 0 Å². The molecule has 138 valence electrons. The van der Waals surface area contributed by atoms with Gasteiger partial charge >= 0.3 is 5.97 Å². The summed E-state index contributed by atoms with van der Waals surface area (Å²) in [5.74, 6) is 2.22. The van der Waals surface area contributed by atoms with E-state index in [0.29, 0.717) is 26.9 Å². The minimum absolute atomic E-state index is 0.241. The van der Waals surface area contributed by atoms with Crippen LogP contribution < -0.4 is 5.56 Å². The molecule has 1 saturated heterocycles. The summed E-state index contributed by atoms with van der Waals surface area (Å²) in [6.07, 6.45) is -0.657. The van der Waals surface area contributed by atoms with Crippen LogP contribution in [0.1, 0.15) is 39.4 Å². The second-order valence-electron chi connectivity index (χ2n) is 6.21. The molecule has 0 radical (unpaired) electrons. The zero-order valence-corrected chi connectivity index (χ0v) is 16.3. The van der Waals surface area contributed by atoms with Crippen LogP contribution in [0.15, 0.2) is 53.3 Å². The number of hydrogen-bond acceptors (Lipinski definition) is 6. The van der Waals surface area contributed by atoms with E-state index in [2.05, 4.69) is 9.97 Å². The van der Waals surface area contributed by atoms with Gasteiger partial charge in [-0.15, -0.1) is 23.5 Å². The number of thioether (sulfide) groups is 2. The number of esters is 1. The first-order valence-corrected chi connectivity index (χ1v) is 10.7. The SMILES string of the molecule is C[C@H](OC(=O)c1ccc(C2SCCS2)cc1)c1nc2ccccc2c(=O)[nH]1. The molecular weight excluding hydrogens is 380 g/mol. The van der Waals surface area contributed by atoms with Gasteiger partial charge in [0.15, 0.2) is 11.9 Å². The normalized spacial score (nSPS) is 15.7. The van der Waals surface area contributed by atoms with Crippen LogP contribution in [-0.2, 0) is 4.74 Å². The van der Waals surface area contributed by atoms with Gasteiger partial charge in [-0.05, 0) is 36.8 Å². The number of rotatable bonds is 4. The third-order valence-electron chi connectivity index (χ3n) is 4.34. The van der Waals surface area contributed by atoms with E-state index in [9.17, 15) is 9.59 Å². The molecule has 1 fully saturated rings. The van der Waals surface area contributed by atoms with E-state index in [4.69, 9.17) is 4.74 Å². The lowest BCUT2D eigenvalue weighted by atomic mass is 10.1. The quantitative estimate of drug-likeness (QED) is 0.660. The Morgan fingerprint density at radius 3 is 2.59 bits per heavy atom. The smallest absolute Gasteiger partial charge is 0.338 e. The molecule has 1 atom stereocenters. The molecule has 2 heterocycles. The predicted molar refractivity (Wildman–Crippen MR) is 110 cm³/mol. The average molecular weight is 399 g/mol. The molecule has 0 bridgehead atoms. The fourth-order valence-electron chi connectivity index (χ4n) is 2.91. The van der Waals surface area contributed by atoms with Gasteiger partial charge in [0, 0.05) is 11.5 Å². The Morgan fingerprint density at radius 2 is 1.85 bits per heavy atom. The number of benzene rings is 2. The van der Waals surface area contributed by atoms with Crippen molar-refractivity contribution in [2.75, 3.05) is 11.5 Å². The maximum atomic E-state index is 12.5. The highest BCUT2D eigenvalue weighted by Crippen LogP contribution is 2.45. The highest BCUT2D eigenvalue weighted by atomic mass is 32.2. The minimum atomic E-state index is -0.657. The van der Waals surface area contributed by atoms with Gasteiger partial charge in [-0.3, -0.25) is 4.79 Å². The Hall–Kier alpha value is -2.25. The van der Waals surface area contributed by atoms with Crippen molar-refractivity contribution in [3.8, 4) is 0 Å². The summed E-state index contributed by atoms with van der Waals surface area (Å²) in [7, 11) is 0. The first kappa shape index (κ1) is 18.1. The summed E-state index contributed by atoms with van der Waals surface area (Å²) in [6, 6.07) is 14.6. The summed E-state index contributed by atoms with van der Waals surface area (Å²) in [5, 5.41) is 0.512. The van der Waals surface area contributed by atoms with E-state index >= 15 is 0 Å². The molecule has 0 aliphatic carbocycles. The summed E-state index contributed by atoms with van der Waals surface area (Å²) in [6.45, 7) is 1.70. The van der Waals surface area contributed by atoms with Gasteiger partial charge in [-0.25, -0.2) is 9.78 Å². The summed E-state index contributed by atoms with van der Waals surface area (Å²) in [4.78, 5) is 31.8. The van der Waals surface area contributed by atoms with Gasteiger partial charge in [-0.2, -0.15) is 0 Å². The summed E-state index contributed by atoms with van der Waals surface area (Å²) in [5.41, 5.74) is 2.04. The van der Waals surface area contributed by atoms with E-state index in [1.807, 2.05) is 41.7 Å². The van der Waals surface area contributed by atoms with Crippen LogP contribution in [0.25, 0.3) is 10.9 Å². The van der Waals surface area contributed by atoms with Crippen LogP contribution in [0.4, 0.5) is 0 Å². The minimum Gasteiger partial charge on any atom is -0.451 e. The Bertz CT molecular complexity index is 1030. The molecule has 4 rings (SSSR count). The van der Waals surface area contributed by atoms with Crippen molar-refractivity contribution in [2.24, 2.45) is 0 Å². The van der Waals surface area contributed by atoms with E-state index in [1.54, 1.807) is 37.3 Å². The molecule has 0 amide bonds. The van der Waals surface area contributed by atoms with Gasteiger partial charge in [0.2, 0.25) is 0 Å². The number of hydrogen-bond donors (Lipinski definition) is 1. The van der Waals surface area contributed by atoms with Crippen molar-refractivity contribution in [3.05, 3.63) is 75.8 Å². The number of carbonyl (C=O) groups excluding carboxylic acids is 1. The zero-order chi connectivity index (χ0) is 18.8. The van der Waals surface area contributed by atoms with Crippen LogP contribution in [0.3, 0.4) is 0 Å². The average Bonchev–Trinajstić information content (AvgIpc) is 3.23. The number of nitrogens with one attached hydrogen (secondary N) is 1. The number of ether oxygens (including phenoxy) is 1. The van der Waals surface area contributed by atoms with Crippen molar-refractivity contribution >= 4 is 40.4 Å². The number of carbonyl (C=O) groups is 1. The third kappa shape index (κ3) is 3.89. The molecule has 2 aromatic carbocycles. The van der Waals surface area contributed by atoms with Gasteiger partial charge in [-0.1, -0.05) is 24.3 Å². The Labute approximate surface area is 164 Å². The van der Waals surface area contributed by atoms with Gasteiger partial charge in [0.25, 0.3) is 5.56 Å². The fraction of sp³-hybridized carbons (Fsp3) is 0.250. The number of aromatic nitrogens is 2. The number of nitrogens with zero attached hydrogens (tertiary/aromatic N) is 1. The maximum absolute atomic E-state index is 12.5. The molecule has 0 unspecified atom stereocenters. The van der Waals surface area contributed by atoms with Gasteiger partial charge in [0.1, 0.15) is 0 Å². The maximum Gasteiger partial charge on any atom is 0.338 e. The summed E-state index contributed by atoms with van der Waals surface area (Å²) >= 11 is 3.85. The molecule has 5 nitrogen and oxygen atoms in total. The third-order valence-corrected chi connectivity index (χ3v) is 7.44. The molecule has 1 aliphatic heterocycles. The van der Waals surface area contributed by atoms with Crippen LogP contribution >= 0.6 is 23.5 Å². The number of H-pyrrole nitrogens is 1. The fourth-order valence-corrected chi connectivity index (χ4v) is 5.77. The molecule has 27 heavy (non-hydrogen) atoms. The second kappa shape index (κ2) is 7.78. The standard InChI is InChI=1S/C20H18N2O3S2/c1-12(17-21-16-5-3-2-4-15(16)18(23)22-17)25-19(24)13-6-8-14(9-7-13)20-26-10-11-27-20/h2-9,12,20H,10-11H2,1H3,(H,21,22,23)/t12-/m0/s1. The molecule has 0 saturated carbocycles. The van der Waals surface area contributed by atoms with Gasteiger partial charge < -0.3 is 9.72 Å². The van der Waals surface area contributed by atoms with Crippen molar-refractivity contribution in [3.63, 3.8) is 0 Å². The monoisotopic (exact) mass is 398 g/mol. The van der Waals surface area contributed by atoms with Crippen molar-refractivity contribution < 1.29 is 9.53 Å². The largest absolute Gasteiger partial charge is 0.451 e.